The molecule has 1 saturated heterocycles. The minimum atomic E-state index is -2.62. The topological polar surface area (TPSA) is 78.2 Å². The predicted molar refractivity (Wildman–Crippen MR) is 112 cm³/mol. The lowest BCUT2D eigenvalue weighted by atomic mass is 10.1. The van der Waals surface area contributed by atoms with Gasteiger partial charge in [-0.1, -0.05) is 0 Å². The van der Waals surface area contributed by atoms with Crippen molar-refractivity contribution < 1.29 is 19.7 Å². The quantitative estimate of drug-likeness (QED) is 0.654. The molecule has 3 aromatic rings. The van der Waals surface area contributed by atoms with Crippen LogP contribution in [0.1, 0.15) is 29.5 Å². The molecule has 0 amide bonds. The first-order valence-electron chi connectivity index (χ1n) is 11.8. The van der Waals surface area contributed by atoms with E-state index in [2.05, 4.69) is 15.0 Å². The molecule has 0 atom stereocenters. The normalized spacial score (nSPS) is 22.0. The number of hydrogen-bond donors (Lipinski definition) is 0. The predicted octanol–water partition coefficient (Wildman–Crippen LogP) is 2.53. The summed E-state index contributed by atoms with van der Waals surface area (Å²) in [5.74, 6) is 1.46. The van der Waals surface area contributed by atoms with Crippen molar-refractivity contribution in [1.29, 1.82) is 0 Å². The first kappa shape index (κ1) is 14.7. The molecule has 0 N–H and O–H groups in total. The van der Waals surface area contributed by atoms with E-state index in [0.29, 0.717) is 30.0 Å². The highest BCUT2D eigenvalue weighted by molar-refractivity contribution is 5.53. The average molecular weight is 412 g/mol. The number of aromatic nitrogens is 3. The number of nitrogens with zero attached hydrogens (tertiary/aromatic N) is 4. The van der Waals surface area contributed by atoms with Crippen molar-refractivity contribution in [3.05, 3.63) is 51.9 Å². The number of fused-ring (bicyclic) bond motifs is 2. The van der Waals surface area contributed by atoms with Crippen LogP contribution in [0.5, 0.6) is 17.2 Å². The Balaban J connectivity index is 1.28. The Morgan fingerprint density at radius 1 is 1.10 bits per heavy atom. The molecule has 2 aromatic heterocycles. The van der Waals surface area contributed by atoms with Crippen LogP contribution in [0.4, 0.5) is 5.82 Å². The molecule has 0 saturated carbocycles. The maximum absolute atomic E-state index is 12.5. The van der Waals surface area contributed by atoms with E-state index in [1.54, 1.807) is 19.2 Å². The van der Waals surface area contributed by atoms with Gasteiger partial charge in [0.1, 0.15) is 25.0 Å². The molecule has 156 valence electrons. The fraction of sp³-hybridized carbons (Fsp3) is 0.409. The molecule has 0 spiro atoms. The maximum Gasteiger partial charge on any atom is 0.277 e. The molecule has 8 heteroatoms. The highest BCUT2D eigenvalue weighted by Crippen LogP contribution is 2.34. The zero-order valence-electron chi connectivity index (χ0n) is 20.7. The summed E-state index contributed by atoms with van der Waals surface area (Å²) in [6.45, 7) is -0.174. The second kappa shape index (κ2) is 7.51. The molecular formula is C22H24N4O4. The Morgan fingerprint density at radius 2 is 1.87 bits per heavy atom. The van der Waals surface area contributed by atoms with Gasteiger partial charge >= 0.3 is 0 Å². The van der Waals surface area contributed by atoms with E-state index < -0.39 is 13.1 Å². The van der Waals surface area contributed by atoms with E-state index in [4.69, 9.17) is 19.7 Å². The van der Waals surface area contributed by atoms with Crippen molar-refractivity contribution in [3.8, 4) is 17.2 Å². The highest BCUT2D eigenvalue weighted by Gasteiger charge is 2.24. The molecule has 2 aliphatic heterocycles. The van der Waals surface area contributed by atoms with Crippen LogP contribution in [-0.2, 0) is 0 Å². The van der Waals surface area contributed by atoms with E-state index in [0.717, 1.165) is 24.2 Å². The molecule has 8 nitrogen and oxygen atoms in total. The zero-order valence-corrected chi connectivity index (χ0v) is 16.7. The van der Waals surface area contributed by atoms with Gasteiger partial charge in [0.25, 0.3) is 5.56 Å². The SMILES string of the molecule is [2H]C1([2H])Oc2ccc(OC3CCN(c4nn5c(=O)c(C)cnc5cc4C)CC3)cc2OC1([2H])[2H]. The van der Waals surface area contributed by atoms with Crippen LogP contribution in [-0.4, -0.2) is 46.9 Å². The van der Waals surface area contributed by atoms with Crippen molar-refractivity contribution in [2.45, 2.75) is 32.8 Å². The van der Waals surface area contributed by atoms with Crippen LogP contribution in [0.2, 0.25) is 0 Å². The average Bonchev–Trinajstić information content (AvgIpc) is 2.77. The molecule has 0 aliphatic carbocycles. The molecule has 5 rings (SSSR count). The van der Waals surface area contributed by atoms with Crippen LogP contribution < -0.4 is 24.7 Å². The minimum Gasteiger partial charge on any atom is -0.490 e. The third kappa shape index (κ3) is 3.42. The number of piperidine rings is 1. The van der Waals surface area contributed by atoms with Gasteiger partial charge in [-0.15, -0.1) is 5.10 Å². The first-order valence-corrected chi connectivity index (χ1v) is 9.84. The van der Waals surface area contributed by atoms with Crippen LogP contribution in [0.25, 0.3) is 5.65 Å². The fourth-order valence-electron chi connectivity index (χ4n) is 3.74. The Kier molecular flexibility index (Phi) is 3.67. The van der Waals surface area contributed by atoms with E-state index in [9.17, 15) is 4.79 Å². The molecule has 2 aliphatic rings. The summed E-state index contributed by atoms with van der Waals surface area (Å²) in [5, 5.41) is 4.57. The number of benzene rings is 1. The van der Waals surface area contributed by atoms with Crippen molar-refractivity contribution in [3.63, 3.8) is 0 Å². The molecule has 1 fully saturated rings. The summed E-state index contributed by atoms with van der Waals surface area (Å²) >= 11 is 0. The Morgan fingerprint density at radius 3 is 2.67 bits per heavy atom. The summed E-state index contributed by atoms with van der Waals surface area (Å²) < 4.78 is 48.6. The molecule has 0 bridgehead atoms. The lowest BCUT2D eigenvalue weighted by Gasteiger charge is -2.33. The number of hydrogen-bond acceptors (Lipinski definition) is 7. The lowest BCUT2D eigenvalue weighted by Crippen LogP contribution is -2.39. The van der Waals surface area contributed by atoms with Gasteiger partial charge in [-0.25, -0.2) is 4.98 Å². The van der Waals surface area contributed by atoms with Crippen LogP contribution in [0.3, 0.4) is 0 Å². The molecule has 1 aromatic carbocycles. The Labute approximate surface area is 179 Å². The third-order valence-electron chi connectivity index (χ3n) is 5.35. The van der Waals surface area contributed by atoms with Gasteiger partial charge < -0.3 is 19.1 Å². The number of rotatable bonds is 3. The molecule has 0 radical (unpaired) electrons. The van der Waals surface area contributed by atoms with Gasteiger partial charge in [-0.2, -0.15) is 4.52 Å². The van der Waals surface area contributed by atoms with E-state index in [1.165, 1.54) is 16.6 Å². The van der Waals surface area contributed by atoms with Gasteiger partial charge in [-0.05, 0) is 37.6 Å². The van der Waals surface area contributed by atoms with Gasteiger partial charge in [0.05, 0.1) is 5.48 Å². The second-order valence-electron chi connectivity index (χ2n) is 7.49. The maximum atomic E-state index is 12.5. The lowest BCUT2D eigenvalue weighted by molar-refractivity contribution is 0.159. The van der Waals surface area contributed by atoms with Gasteiger partial charge in [0.15, 0.2) is 23.0 Å². The number of ether oxygens (including phenoxy) is 3. The summed E-state index contributed by atoms with van der Waals surface area (Å²) in [7, 11) is 0. The summed E-state index contributed by atoms with van der Waals surface area (Å²) in [6.07, 6.45) is 2.92. The first-order chi connectivity index (χ1) is 16.0. The van der Waals surface area contributed by atoms with Crippen molar-refractivity contribution in [1.82, 2.24) is 14.6 Å². The third-order valence-corrected chi connectivity index (χ3v) is 5.35. The minimum absolute atomic E-state index is 0.0746. The summed E-state index contributed by atoms with van der Waals surface area (Å²) in [4.78, 5) is 18.9. The van der Waals surface area contributed by atoms with E-state index in [1.807, 2.05) is 13.0 Å². The number of aryl methyl sites for hydroxylation is 2. The van der Waals surface area contributed by atoms with Crippen molar-refractivity contribution >= 4 is 11.5 Å². The zero-order chi connectivity index (χ0) is 24.3. The Bertz CT molecular complexity index is 1320. The molecule has 4 heterocycles. The summed E-state index contributed by atoms with van der Waals surface area (Å²) in [6, 6.07) is 6.55. The summed E-state index contributed by atoms with van der Waals surface area (Å²) in [5.41, 5.74) is 1.82. The monoisotopic (exact) mass is 412 g/mol. The largest absolute Gasteiger partial charge is 0.490 e. The van der Waals surface area contributed by atoms with E-state index in [-0.39, 0.29) is 23.2 Å². The molecule has 0 unspecified atom stereocenters. The van der Waals surface area contributed by atoms with Crippen LogP contribution in [0.15, 0.2) is 35.3 Å². The van der Waals surface area contributed by atoms with Crippen molar-refractivity contribution in [2.75, 3.05) is 31.1 Å². The van der Waals surface area contributed by atoms with Crippen LogP contribution >= 0.6 is 0 Å². The number of anilines is 1. The smallest absolute Gasteiger partial charge is 0.277 e. The van der Waals surface area contributed by atoms with Crippen molar-refractivity contribution in [2.24, 2.45) is 0 Å². The second-order valence-corrected chi connectivity index (χ2v) is 7.49. The fourth-order valence-corrected chi connectivity index (χ4v) is 3.74. The molecular weight excluding hydrogens is 384 g/mol. The van der Waals surface area contributed by atoms with Gasteiger partial charge in [0.2, 0.25) is 0 Å². The van der Waals surface area contributed by atoms with Crippen LogP contribution in [0, 0.1) is 13.8 Å². The standard InChI is InChI=1S/C22H24N4O4/c1-14-11-20-23-13-15(2)22(27)26(20)24-21(14)25-7-5-16(6-8-25)30-17-3-4-18-19(12-17)29-10-9-28-18/h3-4,11-13,16H,5-10H2,1-2H3/i9D2,10D2. The van der Waals surface area contributed by atoms with E-state index >= 15 is 0 Å². The van der Waals surface area contributed by atoms with Gasteiger partial charge in [-0.3, -0.25) is 4.79 Å². The highest BCUT2D eigenvalue weighted by atomic mass is 16.6. The Hall–Kier alpha value is -3.29. The molecule has 30 heavy (non-hydrogen) atoms. The van der Waals surface area contributed by atoms with Gasteiger partial charge in [0, 0.05) is 43.8 Å².